The molecule has 0 spiro atoms. The van der Waals surface area contributed by atoms with Crippen LogP contribution in [0.25, 0.3) is 11.3 Å². The highest BCUT2D eigenvalue weighted by Crippen LogP contribution is 2.26. The number of phenols is 1. The van der Waals surface area contributed by atoms with E-state index in [0.717, 1.165) is 0 Å². The highest BCUT2D eigenvalue weighted by molar-refractivity contribution is 5.96. The Balaban J connectivity index is 2.67. The van der Waals surface area contributed by atoms with Crippen molar-refractivity contribution in [1.82, 2.24) is 4.98 Å². The van der Waals surface area contributed by atoms with Crippen LogP contribution < -0.4 is 0 Å². The summed E-state index contributed by atoms with van der Waals surface area (Å²) >= 11 is 0. The van der Waals surface area contributed by atoms with E-state index in [4.69, 9.17) is 0 Å². The Kier molecular flexibility index (Phi) is 2.78. The third-order valence-electron chi connectivity index (χ3n) is 2.49. The van der Waals surface area contributed by atoms with Crippen LogP contribution in [0.3, 0.4) is 0 Å². The molecular formula is C13H11NO3. The molecule has 0 amide bonds. The van der Waals surface area contributed by atoms with Gasteiger partial charge in [-0.15, -0.1) is 0 Å². The van der Waals surface area contributed by atoms with Crippen molar-refractivity contribution in [2.45, 2.75) is 6.92 Å². The summed E-state index contributed by atoms with van der Waals surface area (Å²) in [5, 5.41) is 18.6. The SMILES string of the molecule is Cc1ccnc(-c2cccc(O)c2)c1C(=O)O. The third-order valence-corrected chi connectivity index (χ3v) is 2.49. The maximum Gasteiger partial charge on any atom is 0.338 e. The van der Waals surface area contributed by atoms with Crippen LogP contribution >= 0.6 is 0 Å². The first-order chi connectivity index (χ1) is 8.09. The van der Waals surface area contributed by atoms with Crippen molar-refractivity contribution < 1.29 is 15.0 Å². The van der Waals surface area contributed by atoms with Gasteiger partial charge in [0, 0.05) is 11.8 Å². The second-order valence-corrected chi connectivity index (χ2v) is 3.71. The molecule has 0 aliphatic heterocycles. The van der Waals surface area contributed by atoms with Crippen molar-refractivity contribution in [2.75, 3.05) is 0 Å². The van der Waals surface area contributed by atoms with Gasteiger partial charge in [-0.05, 0) is 30.7 Å². The van der Waals surface area contributed by atoms with E-state index in [1.807, 2.05) is 0 Å². The van der Waals surface area contributed by atoms with Gasteiger partial charge in [0.05, 0.1) is 11.3 Å². The number of aromatic carboxylic acids is 1. The van der Waals surface area contributed by atoms with Gasteiger partial charge in [-0.1, -0.05) is 12.1 Å². The first kappa shape index (κ1) is 11.1. The number of hydrogen-bond acceptors (Lipinski definition) is 3. The van der Waals surface area contributed by atoms with E-state index in [1.54, 1.807) is 31.3 Å². The lowest BCUT2D eigenvalue weighted by atomic mass is 10.0. The number of nitrogens with zero attached hydrogens (tertiary/aromatic N) is 1. The van der Waals surface area contributed by atoms with Crippen molar-refractivity contribution in [2.24, 2.45) is 0 Å². The van der Waals surface area contributed by atoms with Crippen molar-refractivity contribution in [3.63, 3.8) is 0 Å². The summed E-state index contributed by atoms with van der Waals surface area (Å²) in [5.74, 6) is -0.934. The molecule has 0 fully saturated rings. The first-order valence-electron chi connectivity index (χ1n) is 5.08. The fourth-order valence-electron chi connectivity index (χ4n) is 1.70. The summed E-state index contributed by atoms with van der Waals surface area (Å²) in [4.78, 5) is 15.3. The zero-order valence-corrected chi connectivity index (χ0v) is 9.21. The Morgan fingerprint density at radius 2 is 2.06 bits per heavy atom. The largest absolute Gasteiger partial charge is 0.508 e. The molecule has 0 aliphatic carbocycles. The van der Waals surface area contributed by atoms with Gasteiger partial charge in [0.25, 0.3) is 0 Å². The molecule has 0 radical (unpaired) electrons. The monoisotopic (exact) mass is 229 g/mol. The summed E-state index contributed by atoms with van der Waals surface area (Å²) < 4.78 is 0. The molecule has 1 heterocycles. The van der Waals surface area contributed by atoms with Crippen LogP contribution in [0.1, 0.15) is 15.9 Å². The number of hydrogen-bond donors (Lipinski definition) is 2. The van der Waals surface area contributed by atoms with Gasteiger partial charge >= 0.3 is 5.97 Å². The third kappa shape index (κ3) is 2.10. The van der Waals surface area contributed by atoms with Gasteiger partial charge in [0.2, 0.25) is 0 Å². The Morgan fingerprint density at radius 1 is 1.29 bits per heavy atom. The minimum Gasteiger partial charge on any atom is -0.508 e. The number of benzene rings is 1. The lowest BCUT2D eigenvalue weighted by Crippen LogP contribution is -2.04. The lowest BCUT2D eigenvalue weighted by molar-refractivity contribution is 0.0696. The molecule has 86 valence electrons. The average Bonchev–Trinajstić information content (AvgIpc) is 2.28. The summed E-state index contributed by atoms with van der Waals surface area (Å²) in [6.07, 6.45) is 1.56. The summed E-state index contributed by atoms with van der Waals surface area (Å²) in [6, 6.07) is 8.04. The van der Waals surface area contributed by atoms with Crippen LogP contribution in [0, 0.1) is 6.92 Å². The molecule has 1 aromatic heterocycles. The molecule has 0 saturated carbocycles. The molecule has 17 heavy (non-hydrogen) atoms. The van der Waals surface area contributed by atoms with Crippen molar-refractivity contribution in [1.29, 1.82) is 0 Å². The van der Waals surface area contributed by atoms with Gasteiger partial charge in [-0.2, -0.15) is 0 Å². The number of carboxylic acids is 1. The molecule has 0 unspecified atom stereocenters. The van der Waals surface area contributed by atoms with E-state index in [9.17, 15) is 15.0 Å². The van der Waals surface area contributed by atoms with E-state index >= 15 is 0 Å². The number of aromatic hydroxyl groups is 1. The number of carboxylic acid groups (broad SMARTS) is 1. The van der Waals surface area contributed by atoms with Crippen LogP contribution in [0.15, 0.2) is 36.5 Å². The summed E-state index contributed by atoms with van der Waals surface area (Å²) in [6.45, 7) is 1.72. The minimum absolute atomic E-state index is 0.0853. The van der Waals surface area contributed by atoms with Crippen LogP contribution in [0.2, 0.25) is 0 Å². The van der Waals surface area contributed by atoms with Crippen LogP contribution in [0.5, 0.6) is 5.75 Å². The van der Waals surface area contributed by atoms with E-state index in [2.05, 4.69) is 4.98 Å². The number of rotatable bonds is 2. The summed E-state index contributed by atoms with van der Waals surface area (Å²) in [5.41, 5.74) is 1.77. The predicted molar refractivity (Wildman–Crippen MR) is 63.0 cm³/mol. The molecule has 0 saturated heterocycles. The molecular weight excluding hydrogens is 218 g/mol. The first-order valence-corrected chi connectivity index (χ1v) is 5.08. The normalized spacial score (nSPS) is 10.2. The fourth-order valence-corrected chi connectivity index (χ4v) is 1.70. The molecule has 0 atom stereocenters. The fraction of sp³-hybridized carbons (Fsp3) is 0.0769. The summed E-state index contributed by atoms with van der Waals surface area (Å²) in [7, 11) is 0. The van der Waals surface area contributed by atoms with E-state index in [-0.39, 0.29) is 11.3 Å². The quantitative estimate of drug-likeness (QED) is 0.829. The van der Waals surface area contributed by atoms with Gasteiger partial charge in [0.1, 0.15) is 5.75 Å². The molecule has 2 rings (SSSR count). The van der Waals surface area contributed by atoms with Crippen molar-refractivity contribution in [3.8, 4) is 17.0 Å². The Hall–Kier alpha value is -2.36. The van der Waals surface area contributed by atoms with Gasteiger partial charge in [-0.25, -0.2) is 4.79 Å². The molecule has 4 heteroatoms. The second-order valence-electron chi connectivity index (χ2n) is 3.71. The predicted octanol–water partition coefficient (Wildman–Crippen LogP) is 2.46. The highest BCUT2D eigenvalue weighted by Gasteiger charge is 2.15. The molecule has 1 aromatic carbocycles. The van der Waals surface area contributed by atoms with E-state index in [0.29, 0.717) is 16.8 Å². The zero-order valence-electron chi connectivity index (χ0n) is 9.21. The molecule has 2 aromatic rings. The topological polar surface area (TPSA) is 70.4 Å². The second kappa shape index (κ2) is 4.25. The maximum atomic E-state index is 11.2. The number of phenolic OH excluding ortho intramolecular Hbond substituents is 1. The average molecular weight is 229 g/mol. The molecule has 0 bridgehead atoms. The highest BCUT2D eigenvalue weighted by atomic mass is 16.4. The van der Waals surface area contributed by atoms with Crippen LogP contribution in [-0.4, -0.2) is 21.2 Å². The number of aryl methyl sites for hydroxylation is 1. The molecule has 4 nitrogen and oxygen atoms in total. The Morgan fingerprint density at radius 3 is 2.71 bits per heavy atom. The number of pyridine rings is 1. The van der Waals surface area contributed by atoms with Crippen molar-refractivity contribution in [3.05, 3.63) is 47.7 Å². The van der Waals surface area contributed by atoms with E-state index < -0.39 is 5.97 Å². The Labute approximate surface area is 98.2 Å². The minimum atomic E-state index is -1.02. The standard InChI is InChI=1S/C13H11NO3/c1-8-5-6-14-12(11(8)13(16)17)9-3-2-4-10(15)7-9/h2-7,15H,1H3,(H,16,17). The lowest BCUT2D eigenvalue weighted by Gasteiger charge is -2.08. The van der Waals surface area contributed by atoms with E-state index in [1.165, 1.54) is 12.1 Å². The zero-order chi connectivity index (χ0) is 12.4. The van der Waals surface area contributed by atoms with Gasteiger partial charge in [-0.3, -0.25) is 4.98 Å². The van der Waals surface area contributed by atoms with Crippen molar-refractivity contribution >= 4 is 5.97 Å². The van der Waals surface area contributed by atoms with Gasteiger partial charge < -0.3 is 10.2 Å². The van der Waals surface area contributed by atoms with Gasteiger partial charge in [0.15, 0.2) is 0 Å². The number of aromatic nitrogens is 1. The smallest absolute Gasteiger partial charge is 0.338 e. The Bertz CT molecular complexity index is 579. The number of carbonyl (C=O) groups is 1. The van der Waals surface area contributed by atoms with Crippen LogP contribution in [0.4, 0.5) is 0 Å². The van der Waals surface area contributed by atoms with Crippen LogP contribution in [-0.2, 0) is 0 Å². The molecule has 0 aliphatic rings. The maximum absolute atomic E-state index is 11.2. The molecule has 2 N–H and O–H groups in total.